The Bertz CT molecular complexity index is 1370. The Morgan fingerprint density at radius 1 is 1.23 bits per heavy atom. The summed E-state index contributed by atoms with van der Waals surface area (Å²) in [6, 6.07) is 10.7. The summed E-state index contributed by atoms with van der Waals surface area (Å²) >= 11 is 0. The van der Waals surface area contributed by atoms with Crippen LogP contribution in [0.15, 0.2) is 65.9 Å². The Morgan fingerprint density at radius 2 is 2.17 bits per heavy atom. The first-order valence-electron chi connectivity index (χ1n) is 12.1. The van der Waals surface area contributed by atoms with Gasteiger partial charge >= 0.3 is 0 Å². The van der Waals surface area contributed by atoms with Gasteiger partial charge in [0.1, 0.15) is 30.3 Å². The van der Waals surface area contributed by atoms with Crippen molar-refractivity contribution in [1.29, 1.82) is 0 Å². The second-order valence-electron chi connectivity index (χ2n) is 8.96. The molecule has 0 radical (unpaired) electrons. The second-order valence-corrected chi connectivity index (χ2v) is 8.96. The number of aryl methyl sites for hydroxylation is 1. The van der Waals surface area contributed by atoms with Gasteiger partial charge in [0.25, 0.3) is 0 Å². The van der Waals surface area contributed by atoms with Gasteiger partial charge in [-0.1, -0.05) is 0 Å². The molecule has 1 saturated heterocycles. The molecule has 2 aromatic carbocycles. The number of nitrogens with one attached hydrogen (secondary N) is 1. The number of rotatable bonds is 5. The van der Waals surface area contributed by atoms with Gasteiger partial charge in [0.15, 0.2) is 5.75 Å². The van der Waals surface area contributed by atoms with Crippen LogP contribution in [0.5, 0.6) is 11.5 Å². The van der Waals surface area contributed by atoms with Crippen molar-refractivity contribution in [1.82, 2.24) is 15.0 Å². The van der Waals surface area contributed by atoms with Crippen molar-refractivity contribution < 1.29 is 9.47 Å². The predicted molar refractivity (Wildman–Crippen MR) is 139 cm³/mol. The van der Waals surface area contributed by atoms with Crippen LogP contribution in [0.25, 0.3) is 10.9 Å². The monoisotopic (exact) mass is 468 g/mol. The van der Waals surface area contributed by atoms with Crippen molar-refractivity contribution >= 4 is 34.3 Å². The highest BCUT2D eigenvalue weighted by atomic mass is 16.5. The Labute approximate surface area is 204 Å². The lowest BCUT2D eigenvalue weighted by Crippen LogP contribution is -2.38. The Hall–Kier alpha value is -4.07. The topological polar surface area (TPSA) is 75.1 Å². The van der Waals surface area contributed by atoms with E-state index in [1.165, 1.54) is 12.8 Å². The molecule has 6 rings (SSSR count). The molecule has 1 unspecified atom stereocenters. The largest absolute Gasteiger partial charge is 0.488 e. The van der Waals surface area contributed by atoms with E-state index in [9.17, 15) is 0 Å². The summed E-state index contributed by atoms with van der Waals surface area (Å²) in [6.07, 6.45) is 11.6. The molecule has 8 heteroatoms. The van der Waals surface area contributed by atoms with Crippen molar-refractivity contribution in [3.05, 3.63) is 66.3 Å². The Kier molecular flexibility index (Phi) is 5.48. The van der Waals surface area contributed by atoms with Crippen LogP contribution in [0.3, 0.4) is 0 Å². The van der Waals surface area contributed by atoms with E-state index in [0.29, 0.717) is 19.2 Å². The molecule has 1 aromatic heterocycles. The zero-order chi connectivity index (χ0) is 23.8. The summed E-state index contributed by atoms with van der Waals surface area (Å²) in [5, 5.41) is 10.5. The van der Waals surface area contributed by atoms with Crippen LogP contribution >= 0.6 is 0 Å². The highest BCUT2D eigenvalue weighted by Crippen LogP contribution is 2.44. The number of ether oxygens (including phenoxy) is 2. The normalized spacial score (nSPS) is 18.9. The van der Waals surface area contributed by atoms with Crippen molar-refractivity contribution in [2.75, 3.05) is 29.9 Å². The quantitative estimate of drug-likeness (QED) is 0.520. The van der Waals surface area contributed by atoms with E-state index >= 15 is 0 Å². The van der Waals surface area contributed by atoms with E-state index < -0.39 is 0 Å². The van der Waals surface area contributed by atoms with Gasteiger partial charge in [-0.2, -0.15) is 5.10 Å². The lowest BCUT2D eigenvalue weighted by atomic mass is 10.1. The van der Waals surface area contributed by atoms with Crippen LogP contribution in [0.1, 0.15) is 25.3 Å². The molecule has 0 spiro atoms. The lowest BCUT2D eigenvalue weighted by molar-refractivity contribution is 0.275. The minimum Gasteiger partial charge on any atom is -0.488 e. The van der Waals surface area contributed by atoms with E-state index in [-0.39, 0.29) is 0 Å². The fourth-order valence-electron chi connectivity index (χ4n) is 4.97. The van der Waals surface area contributed by atoms with Crippen molar-refractivity contribution in [2.24, 2.45) is 5.10 Å². The number of hydrazone groups is 1. The average Bonchev–Trinajstić information content (AvgIpc) is 3.36. The van der Waals surface area contributed by atoms with E-state index in [1.54, 1.807) is 12.5 Å². The second kappa shape index (κ2) is 8.94. The molecule has 35 heavy (non-hydrogen) atoms. The van der Waals surface area contributed by atoms with Crippen molar-refractivity contribution in [3.8, 4) is 11.5 Å². The first-order valence-corrected chi connectivity index (χ1v) is 12.1. The van der Waals surface area contributed by atoms with Crippen LogP contribution in [0.2, 0.25) is 0 Å². The fraction of sp³-hybridized carbons (Fsp3) is 0.296. The highest BCUT2D eigenvalue weighted by molar-refractivity contribution is 6.00. The number of anilines is 3. The van der Waals surface area contributed by atoms with Crippen LogP contribution in [0.4, 0.5) is 17.2 Å². The maximum atomic E-state index is 6.27. The number of benzene rings is 2. The standard InChI is InChI=1S/C27H28N6O2/c1-3-30-32-13-10-21(11-14-32)35-24-9-6-19(15-18(24)2)31-27-25-22(28-17-29-27)7-8-23-26(25)34-16-20-5-4-12-33(20)23/h3,6-11,13,15,17,20H,4-5,12,14,16H2,1-2H3,(H,28,29,31)/b30-3-. The Balaban J connectivity index is 1.26. The molecule has 0 amide bonds. The number of hydrogen-bond acceptors (Lipinski definition) is 8. The third kappa shape index (κ3) is 4.05. The first-order chi connectivity index (χ1) is 17.2. The van der Waals surface area contributed by atoms with Crippen molar-refractivity contribution in [2.45, 2.75) is 32.7 Å². The van der Waals surface area contributed by atoms with Gasteiger partial charge in [-0.25, -0.2) is 9.97 Å². The zero-order valence-corrected chi connectivity index (χ0v) is 19.9. The molecule has 1 N–H and O–H groups in total. The maximum absolute atomic E-state index is 6.27. The SMILES string of the molecule is C/C=N\N1C=CC(Oc2ccc(Nc3ncnc4ccc5c(c34)OCC3CCCN53)cc2C)=CC1. The fourth-order valence-corrected chi connectivity index (χ4v) is 4.97. The summed E-state index contributed by atoms with van der Waals surface area (Å²) in [5.74, 6) is 3.24. The number of nitrogens with zero attached hydrogens (tertiary/aromatic N) is 5. The van der Waals surface area contributed by atoms with Crippen LogP contribution in [-0.2, 0) is 0 Å². The molecular formula is C27H28N6O2. The number of hydrogen-bond donors (Lipinski definition) is 1. The lowest BCUT2D eigenvalue weighted by Gasteiger charge is -2.34. The van der Waals surface area contributed by atoms with Gasteiger partial charge in [-0.3, -0.25) is 5.01 Å². The smallest absolute Gasteiger partial charge is 0.155 e. The Morgan fingerprint density at radius 3 is 3.00 bits per heavy atom. The van der Waals surface area contributed by atoms with E-state index in [1.807, 2.05) is 49.3 Å². The van der Waals surface area contributed by atoms with Gasteiger partial charge in [-0.15, -0.1) is 0 Å². The summed E-state index contributed by atoms with van der Waals surface area (Å²) in [7, 11) is 0. The highest BCUT2D eigenvalue weighted by Gasteiger charge is 2.33. The molecular weight excluding hydrogens is 440 g/mol. The van der Waals surface area contributed by atoms with Gasteiger partial charge < -0.3 is 19.7 Å². The molecule has 178 valence electrons. The first kappa shape index (κ1) is 21.5. The third-order valence-electron chi connectivity index (χ3n) is 6.66. The molecule has 1 atom stereocenters. The van der Waals surface area contributed by atoms with E-state index in [2.05, 4.69) is 43.5 Å². The summed E-state index contributed by atoms with van der Waals surface area (Å²) < 4.78 is 12.4. The third-order valence-corrected chi connectivity index (χ3v) is 6.66. The molecule has 3 aromatic rings. The van der Waals surface area contributed by atoms with Gasteiger partial charge in [0.05, 0.1) is 29.2 Å². The van der Waals surface area contributed by atoms with Gasteiger partial charge in [-0.05, 0) is 74.7 Å². The molecule has 0 aliphatic carbocycles. The number of aromatic nitrogens is 2. The summed E-state index contributed by atoms with van der Waals surface area (Å²) in [5.41, 5.74) is 3.96. The molecule has 0 bridgehead atoms. The number of allylic oxidation sites excluding steroid dienone is 1. The summed E-state index contributed by atoms with van der Waals surface area (Å²) in [6.45, 7) is 6.40. The maximum Gasteiger partial charge on any atom is 0.155 e. The van der Waals surface area contributed by atoms with E-state index in [4.69, 9.17) is 9.47 Å². The van der Waals surface area contributed by atoms with Gasteiger partial charge in [0.2, 0.25) is 0 Å². The van der Waals surface area contributed by atoms with Crippen LogP contribution in [-0.4, -0.2) is 46.9 Å². The van der Waals surface area contributed by atoms with Crippen LogP contribution in [0, 0.1) is 6.92 Å². The minimum absolute atomic E-state index is 0.466. The molecule has 3 aliphatic rings. The van der Waals surface area contributed by atoms with E-state index in [0.717, 1.165) is 57.5 Å². The molecule has 3 aliphatic heterocycles. The summed E-state index contributed by atoms with van der Waals surface area (Å²) in [4.78, 5) is 11.5. The molecule has 8 nitrogen and oxygen atoms in total. The zero-order valence-electron chi connectivity index (χ0n) is 19.9. The van der Waals surface area contributed by atoms with Crippen LogP contribution < -0.4 is 19.7 Å². The van der Waals surface area contributed by atoms with Gasteiger partial charge in [0, 0.05) is 24.6 Å². The predicted octanol–water partition coefficient (Wildman–Crippen LogP) is 5.14. The number of fused-ring (bicyclic) bond motifs is 5. The molecule has 1 fully saturated rings. The average molecular weight is 469 g/mol. The minimum atomic E-state index is 0.466. The molecule has 4 heterocycles. The van der Waals surface area contributed by atoms with Crippen molar-refractivity contribution in [3.63, 3.8) is 0 Å². The molecule has 0 saturated carbocycles.